The predicted octanol–water partition coefficient (Wildman–Crippen LogP) is 5.59. The van der Waals surface area contributed by atoms with E-state index in [4.69, 9.17) is 5.11 Å². The van der Waals surface area contributed by atoms with E-state index < -0.39 is 12.1 Å². The molecule has 1 rings (SSSR count). The number of benzene rings is 1. The number of rotatable bonds is 9. The SMILES string of the molecule is CCC(CCCC(CO)C(C)C)C(C)C.O=C(O)NC(=O)Nc1ccccc1. The number of para-hydroxylation sites is 1. The Bertz CT molecular complexity index is 531. The summed E-state index contributed by atoms with van der Waals surface area (Å²) in [7, 11) is 0. The van der Waals surface area contributed by atoms with Crippen molar-refractivity contribution < 1.29 is 19.8 Å². The van der Waals surface area contributed by atoms with Crippen molar-refractivity contribution in [1.29, 1.82) is 0 Å². The molecule has 2 unspecified atom stereocenters. The number of hydrogen-bond acceptors (Lipinski definition) is 3. The minimum absolute atomic E-state index is 0.357. The molecule has 0 heterocycles. The van der Waals surface area contributed by atoms with E-state index in [1.54, 1.807) is 35.6 Å². The van der Waals surface area contributed by atoms with Crippen LogP contribution in [-0.4, -0.2) is 28.9 Å². The molecule has 0 fully saturated rings. The molecule has 0 aliphatic heterocycles. The molecule has 0 aliphatic carbocycles. The Morgan fingerprint density at radius 3 is 1.93 bits per heavy atom. The van der Waals surface area contributed by atoms with E-state index in [2.05, 4.69) is 39.9 Å². The molecule has 1 aromatic carbocycles. The summed E-state index contributed by atoms with van der Waals surface area (Å²) in [4.78, 5) is 20.8. The zero-order chi connectivity index (χ0) is 21.5. The molecule has 160 valence electrons. The second-order valence-electron chi connectivity index (χ2n) is 7.78. The van der Waals surface area contributed by atoms with Crippen LogP contribution in [-0.2, 0) is 0 Å². The van der Waals surface area contributed by atoms with Gasteiger partial charge in [0.05, 0.1) is 0 Å². The fourth-order valence-electron chi connectivity index (χ4n) is 3.07. The first-order chi connectivity index (χ1) is 13.2. The van der Waals surface area contributed by atoms with Crippen molar-refractivity contribution >= 4 is 17.8 Å². The van der Waals surface area contributed by atoms with Gasteiger partial charge in [0.15, 0.2) is 0 Å². The van der Waals surface area contributed by atoms with Crippen LogP contribution in [0.15, 0.2) is 30.3 Å². The molecular formula is C22H38N2O4. The highest BCUT2D eigenvalue weighted by molar-refractivity contribution is 5.98. The van der Waals surface area contributed by atoms with Crippen LogP contribution in [0.2, 0.25) is 0 Å². The molecule has 28 heavy (non-hydrogen) atoms. The van der Waals surface area contributed by atoms with Crippen molar-refractivity contribution in [1.82, 2.24) is 5.32 Å². The number of urea groups is 1. The van der Waals surface area contributed by atoms with Crippen LogP contribution in [0, 0.1) is 23.7 Å². The van der Waals surface area contributed by atoms with Crippen LogP contribution in [0.4, 0.5) is 15.3 Å². The standard InChI is InChI=1S/C14H30O.C8H8N2O3/c1-6-13(11(2)3)8-7-9-14(10-15)12(4)5;11-7(10-8(12)13)9-6-4-2-1-3-5-6/h11-15H,6-10H2,1-5H3;1-5H,(H,12,13)(H2,9,10,11). The van der Waals surface area contributed by atoms with E-state index in [1.807, 2.05) is 0 Å². The highest BCUT2D eigenvalue weighted by Gasteiger charge is 2.15. The van der Waals surface area contributed by atoms with Crippen molar-refractivity contribution in [2.75, 3.05) is 11.9 Å². The molecule has 0 saturated carbocycles. The summed E-state index contributed by atoms with van der Waals surface area (Å²) in [6.07, 6.45) is 3.71. The Labute approximate surface area is 169 Å². The van der Waals surface area contributed by atoms with Gasteiger partial charge >= 0.3 is 12.1 Å². The highest BCUT2D eigenvalue weighted by atomic mass is 16.4. The van der Waals surface area contributed by atoms with E-state index in [0.29, 0.717) is 24.1 Å². The molecule has 0 saturated heterocycles. The van der Waals surface area contributed by atoms with Crippen molar-refractivity contribution in [2.24, 2.45) is 23.7 Å². The van der Waals surface area contributed by atoms with E-state index in [-0.39, 0.29) is 0 Å². The minimum Gasteiger partial charge on any atom is -0.465 e. The maximum Gasteiger partial charge on any atom is 0.412 e. The van der Waals surface area contributed by atoms with Gasteiger partial charge in [-0.1, -0.05) is 72.1 Å². The van der Waals surface area contributed by atoms with E-state index in [0.717, 1.165) is 11.8 Å². The van der Waals surface area contributed by atoms with Crippen LogP contribution in [0.5, 0.6) is 0 Å². The average molecular weight is 395 g/mol. The van der Waals surface area contributed by atoms with Crippen molar-refractivity contribution in [3.8, 4) is 0 Å². The first-order valence-corrected chi connectivity index (χ1v) is 10.2. The summed E-state index contributed by atoms with van der Waals surface area (Å²) in [5, 5.41) is 21.4. The lowest BCUT2D eigenvalue weighted by Gasteiger charge is -2.22. The molecule has 6 heteroatoms. The number of carbonyl (C=O) groups excluding carboxylic acids is 1. The van der Waals surface area contributed by atoms with Gasteiger partial charge in [-0.3, -0.25) is 0 Å². The topological polar surface area (TPSA) is 98.7 Å². The monoisotopic (exact) mass is 394 g/mol. The summed E-state index contributed by atoms with van der Waals surface area (Å²) < 4.78 is 0. The number of aliphatic hydroxyl groups excluding tert-OH is 1. The zero-order valence-corrected chi connectivity index (χ0v) is 17.9. The Morgan fingerprint density at radius 1 is 0.964 bits per heavy atom. The first-order valence-electron chi connectivity index (χ1n) is 10.2. The molecule has 0 radical (unpaired) electrons. The largest absolute Gasteiger partial charge is 0.465 e. The lowest BCUT2D eigenvalue weighted by atomic mass is 9.85. The normalized spacial score (nSPS) is 12.7. The molecule has 2 atom stereocenters. The van der Waals surface area contributed by atoms with Gasteiger partial charge in [0.1, 0.15) is 0 Å². The van der Waals surface area contributed by atoms with E-state index in [9.17, 15) is 14.7 Å². The van der Waals surface area contributed by atoms with Crippen LogP contribution >= 0.6 is 0 Å². The first kappa shape index (κ1) is 25.9. The molecule has 3 amide bonds. The number of hydrogen-bond donors (Lipinski definition) is 4. The summed E-state index contributed by atoms with van der Waals surface area (Å²) >= 11 is 0. The molecule has 6 nitrogen and oxygen atoms in total. The summed E-state index contributed by atoms with van der Waals surface area (Å²) in [6, 6.07) is 7.80. The number of imide groups is 1. The Hall–Kier alpha value is -2.08. The molecule has 4 N–H and O–H groups in total. The predicted molar refractivity (Wildman–Crippen MR) is 115 cm³/mol. The number of carboxylic acid groups (broad SMARTS) is 1. The number of aliphatic hydroxyl groups is 1. The summed E-state index contributed by atoms with van der Waals surface area (Å²) in [5.41, 5.74) is 0.543. The molecule has 0 bridgehead atoms. The van der Waals surface area contributed by atoms with Gasteiger partial charge in [-0.25, -0.2) is 14.9 Å². The Morgan fingerprint density at radius 2 is 1.50 bits per heavy atom. The van der Waals surface area contributed by atoms with Crippen molar-refractivity contribution in [3.63, 3.8) is 0 Å². The zero-order valence-electron chi connectivity index (χ0n) is 17.9. The summed E-state index contributed by atoms with van der Waals surface area (Å²) in [5.74, 6) is 2.81. The number of anilines is 1. The van der Waals surface area contributed by atoms with Crippen LogP contribution in [0.3, 0.4) is 0 Å². The molecule has 1 aromatic rings. The molecule has 0 spiro atoms. The Kier molecular flexibility index (Phi) is 13.8. The van der Waals surface area contributed by atoms with Crippen molar-refractivity contribution in [2.45, 2.75) is 60.3 Å². The van der Waals surface area contributed by atoms with Crippen LogP contribution < -0.4 is 10.6 Å². The third kappa shape index (κ3) is 12.3. The number of nitrogens with one attached hydrogen (secondary N) is 2. The maximum absolute atomic E-state index is 10.8. The third-order valence-corrected chi connectivity index (χ3v) is 5.05. The third-order valence-electron chi connectivity index (χ3n) is 5.05. The molecule has 0 aliphatic rings. The lowest BCUT2D eigenvalue weighted by Crippen LogP contribution is -2.32. The highest BCUT2D eigenvalue weighted by Crippen LogP contribution is 2.24. The second-order valence-corrected chi connectivity index (χ2v) is 7.78. The molecule has 0 aromatic heterocycles. The molecular weight excluding hydrogens is 356 g/mol. The fourth-order valence-corrected chi connectivity index (χ4v) is 3.07. The summed E-state index contributed by atoms with van der Waals surface area (Å²) in [6.45, 7) is 11.7. The van der Waals surface area contributed by atoms with Gasteiger partial charge < -0.3 is 15.5 Å². The van der Waals surface area contributed by atoms with Crippen LogP contribution in [0.1, 0.15) is 60.3 Å². The minimum atomic E-state index is -1.38. The number of carbonyl (C=O) groups is 2. The van der Waals surface area contributed by atoms with Gasteiger partial charge in [0, 0.05) is 12.3 Å². The van der Waals surface area contributed by atoms with Crippen molar-refractivity contribution in [3.05, 3.63) is 30.3 Å². The lowest BCUT2D eigenvalue weighted by molar-refractivity contribution is 0.174. The average Bonchev–Trinajstić information content (AvgIpc) is 2.62. The van der Waals surface area contributed by atoms with Gasteiger partial charge in [0.2, 0.25) is 0 Å². The van der Waals surface area contributed by atoms with E-state index >= 15 is 0 Å². The smallest absolute Gasteiger partial charge is 0.412 e. The van der Waals surface area contributed by atoms with Gasteiger partial charge in [0.25, 0.3) is 0 Å². The van der Waals surface area contributed by atoms with Gasteiger partial charge in [-0.05, 0) is 42.2 Å². The second kappa shape index (κ2) is 14.9. The quantitative estimate of drug-likeness (QED) is 0.439. The Balaban J connectivity index is 0.000000525. The fraction of sp³-hybridized carbons (Fsp3) is 0.636. The van der Waals surface area contributed by atoms with Gasteiger partial charge in [-0.15, -0.1) is 0 Å². The van der Waals surface area contributed by atoms with Gasteiger partial charge in [-0.2, -0.15) is 0 Å². The maximum atomic E-state index is 10.8. The van der Waals surface area contributed by atoms with Crippen LogP contribution in [0.25, 0.3) is 0 Å². The number of amides is 3. The van der Waals surface area contributed by atoms with E-state index in [1.165, 1.54) is 25.7 Å².